The van der Waals surface area contributed by atoms with E-state index in [1.54, 1.807) is 6.07 Å². The Bertz CT molecular complexity index is 393. The molecule has 3 nitrogen and oxygen atoms in total. The Labute approximate surface area is 107 Å². The Balaban J connectivity index is 2.46. The van der Waals surface area contributed by atoms with Crippen LogP contribution in [0.15, 0.2) is 18.2 Å². The largest absolute Gasteiger partial charge is 0.497 e. The molecule has 1 aromatic carbocycles. The Morgan fingerprint density at radius 3 is 2.72 bits per heavy atom. The Hall–Kier alpha value is -1.58. The van der Waals surface area contributed by atoms with E-state index in [9.17, 15) is 9.18 Å². The van der Waals surface area contributed by atoms with Gasteiger partial charge in [0.15, 0.2) is 0 Å². The van der Waals surface area contributed by atoms with Crippen LogP contribution in [0, 0.1) is 5.82 Å². The van der Waals surface area contributed by atoms with Crippen molar-refractivity contribution in [3.8, 4) is 5.75 Å². The Morgan fingerprint density at radius 2 is 2.11 bits per heavy atom. The summed E-state index contributed by atoms with van der Waals surface area (Å²) in [6, 6.07) is 4.23. The summed E-state index contributed by atoms with van der Waals surface area (Å²) in [5.41, 5.74) is 0.0614. The smallest absolute Gasteiger partial charge is 0.254 e. The van der Waals surface area contributed by atoms with E-state index in [2.05, 4.69) is 12.2 Å². The molecule has 0 unspecified atom stereocenters. The van der Waals surface area contributed by atoms with Crippen molar-refractivity contribution in [2.75, 3.05) is 13.7 Å². The number of unbranched alkanes of at least 4 members (excludes halogenated alkanes) is 3. The highest BCUT2D eigenvalue weighted by molar-refractivity contribution is 5.94. The number of amides is 1. The van der Waals surface area contributed by atoms with Crippen LogP contribution in [-0.4, -0.2) is 19.6 Å². The molecule has 1 N–H and O–H groups in total. The van der Waals surface area contributed by atoms with E-state index < -0.39 is 5.82 Å². The maximum Gasteiger partial charge on any atom is 0.254 e. The number of hydrogen-bond donors (Lipinski definition) is 1. The number of hydrogen-bond acceptors (Lipinski definition) is 2. The molecule has 0 saturated carbocycles. The van der Waals surface area contributed by atoms with Crippen LogP contribution in [0.25, 0.3) is 0 Å². The minimum Gasteiger partial charge on any atom is -0.497 e. The standard InChI is InChI=1S/C14H20FNO2/c1-3-4-5-6-9-16-14(17)12-8-7-11(18-2)10-13(12)15/h7-8,10H,3-6,9H2,1-2H3,(H,16,17). The molecule has 18 heavy (non-hydrogen) atoms. The fourth-order valence-corrected chi connectivity index (χ4v) is 1.66. The van der Waals surface area contributed by atoms with Crippen LogP contribution < -0.4 is 10.1 Å². The molecule has 0 aliphatic rings. The van der Waals surface area contributed by atoms with Crippen molar-refractivity contribution in [2.45, 2.75) is 32.6 Å². The van der Waals surface area contributed by atoms with E-state index in [0.29, 0.717) is 12.3 Å². The number of benzene rings is 1. The lowest BCUT2D eigenvalue weighted by molar-refractivity contribution is 0.0949. The van der Waals surface area contributed by atoms with Gasteiger partial charge in [-0.3, -0.25) is 4.79 Å². The van der Waals surface area contributed by atoms with Gasteiger partial charge in [0.05, 0.1) is 12.7 Å². The summed E-state index contributed by atoms with van der Waals surface area (Å²) in [4.78, 5) is 11.7. The molecule has 0 heterocycles. The predicted octanol–water partition coefficient (Wildman–Crippen LogP) is 3.14. The first-order valence-electron chi connectivity index (χ1n) is 6.30. The van der Waals surface area contributed by atoms with E-state index in [1.807, 2.05) is 0 Å². The van der Waals surface area contributed by atoms with Gasteiger partial charge in [0.1, 0.15) is 11.6 Å². The van der Waals surface area contributed by atoms with Crippen LogP contribution >= 0.6 is 0 Å². The van der Waals surface area contributed by atoms with E-state index in [0.717, 1.165) is 25.7 Å². The first-order valence-corrected chi connectivity index (χ1v) is 6.30. The first kappa shape index (κ1) is 14.5. The van der Waals surface area contributed by atoms with E-state index in [1.165, 1.54) is 19.2 Å². The van der Waals surface area contributed by atoms with E-state index in [4.69, 9.17) is 4.74 Å². The molecule has 0 aliphatic heterocycles. The van der Waals surface area contributed by atoms with Crippen LogP contribution in [-0.2, 0) is 0 Å². The van der Waals surface area contributed by atoms with Gasteiger partial charge in [-0.05, 0) is 18.6 Å². The first-order chi connectivity index (χ1) is 8.69. The summed E-state index contributed by atoms with van der Waals surface area (Å²) in [5.74, 6) is -0.515. The highest BCUT2D eigenvalue weighted by atomic mass is 19.1. The zero-order valence-corrected chi connectivity index (χ0v) is 11.0. The van der Waals surface area contributed by atoms with Gasteiger partial charge in [-0.25, -0.2) is 4.39 Å². The maximum absolute atomic E-state index is 13.6. The normalized spacial score (nSPS) is 10.2. The number of rotatable bonds is 7. The molecular weight excluding hydrogens is 233 g/mol. The molecule has 0 saturated heterocycles. The fraction of sp³-hybridized carbons (Fsp3) is 0.500. The molecular formula is C14H20FNO2. The van der Waals surface area contributed by atoms with Crippen molar-refractivity contribution in [3.63, 3.8) is 0 Å². The van der Waals surface area contributed by atoms with Crippen molar-refractivity contribution in [1.82, 2.24) is 5.32 Å². The SMILES string of the molecule is CCCCCCNC(=O)c1ccc(OC)cc1F. The fourth-order valence-electron chi connectivity index (χ4n) is 1.66. The molecule has 0 radical (unpaired) electrons. The van der Waals surface area contributed by atoms with Gasteiger partial charge in [0, 0.05) is 12.6 Å². The lowest BCUT2D eigenvalue weighted by atomic mass is 10.1. The minimum absolute atomic E-state index is 0.0614. The summed E-state index contributed by atoms with van der Waals surface area (Å²) in [5, 5.41) is 2.72. The Morgan fingerprint density at radius 1 is 1.33 bits per heavy atom. The summed E-state index contributed by atoms with van der Waals surface area (Å²) in [6.45, 7) is 2.72. The Kier molecular flexibility index (Phi) is 6.19. The van der Waals surface area contributed by atoms with Crippen LogP contribution in [0.1, 0.15) is 43.0 Å². The van der Waals surface area contributed by atoms with Crippen molar-refractivity contribution >= 4 is 5.91 Å². The molecule has 0 aliphatic carbocycles. The van der Waals surface area contributed by atoms with Gasteiger partial charge in [-0.2, -0.15) is 0 Å². The lowest BCUT2D eigenvalue weighted by Crippen LogP contribution is -2.25. The molecule has 100 valence electrons. The molecule has 0 bridgehead atoms. The quantitative estimate of drug-likeness (QED) is 0.758. The monoisotopic (exact) mass is 253 g/mol. The van der Waals surface area contributed by atoms with Crippen molar-refractivity contribution in [2.24, 2.45) is 0 Å². The number of carbonyl (C=O) groups is 1. The number of nitrogens with one attached hydrogen (secondary N) is 1. The molecule has 0 atom stereocenters. The molecule has 1 rings (SSSR count). The summed E-state index contributed by atoms with van der Waals surface area (Å²) < 4.78 is 18.5. The van der Waals surface area contributed by atoms with Gasteiger partial charge in [-0.1, -0.05) is 26.2 Å². The van der Waals surface area contributed by atoms with Gasteiger partial charge in [-0.15, -0.1) is 0 Å². The zero-order chi connectivity index (χ0) is 13.4. The topological polar surface area (TPSA) is 38.3 Å². The van der Waals surface area contributed by atoms with Crippen LogP contribution in [0.3, 0.4) is 0 Å². The van der Waals surface area contributed by atoms with Gasteiger partial charge in [0.2, 0.25) is 0 Å². The third-order valence-corrected chi connectivity index (χ3v) is 2.74. The van der Waals surface area contributed by atoms with Crippen molar-refractivity contribution in [1.29, 1.82) is 0 Å². The molecule has 4 heteroatoms. The lowest BCUT2D eigenvalue weighted by Gasteiger charge is -2.07. The van der Waals surface area contributed by atoms with E-state index >= 15 is 0 Å². The number of methoxy groups -OCH3 is 1. The summed E-state index contributed by atoms with van der Waals surface area (Å²) in [6.07, 6.45) is 4.33. The van der Waals surface area contributed by atoms with E-state index in [-0.39, 0.29) is 11.5 Å². The average molecular weight is 253 g/mol. The molecule has 0 fully saturated rings. The molecule has 0 aromatic heterocycles. The molecule has 1 amide bonds. The minimum atomic E-state index is -0.555. The highest BCUT2D eigenvalue weighted by Gasteiger charge is 2.11. The van der Waals surface area contributed by atoms with Crippen LogP contribution in [0.5, 0.6) is 5.75 Å². The number of halogens is 1. The van der Waals surface area contributed by atoms with Gasteiger partial charge >= 0.3 is 0 Å². The summed E-state index contributed by atoms with van der Waals surface area (Å²) >= 11 is 0. The second-order valence-corrected chi connectivity index (χ2v) is 4.16. The van der Waals surface area contributed by atoms with Crippen molar-refractivity contribution in [3.05, 3.63) is 29.6 Å². The third-order valence-electron chi connectivity index (χ3n) is 2.74. The maximum atomic E-state index is 13.6. The van der Waals surface area contributed by atoms with Gasteiger partial charge < -0.3 is 10.1 Å². The van der Waals surface area contributed by atoms with Crippen LogP contribution in [0.2, 0.25) is 0 Å². The highest BCUT2D eigenvalue weighted by Crippen LogP contribution is 2.16. The molecule has 0 spiro atoms. The third kappa shape index (κ3) is 4.35. The second-order valence-electron chi connectivity index (χ2n) is 4.16. The number of ether oxygens (including phenoxy) is 1. The number of carbonyl (C=O) groups excluding carboxylic acids is 1. The van der Waals surface area contributed by atoms with Crippen LogP contribution in [0.4, 0.5) is 4.39 Å². The van der Waals surface area contributed by atoms with Crippen molar-refractivity contribution < 1.29 is 13.9 Å². The predicted molar refractivity (Wildman–Crippen MR) is 69.4 cm³/mol. The summed E-state index contributed by atoms with van der Waals surface area (Å²) in [7, 11) is 1.46. The van der Waals surface area contributed by atoms with Gasteiger partial charge in [0.25, 0.3) is 5.91 Å². The molecule has 1 aromatic rings. The zero-order valence-electron chi connectivity index (χ0n) is 11.0. The second kappa shape index (κ2) is 7.69. The average Bonchev–Trinajstić information content (AvgIpc) is 2.38.